The SMILES string of the molecule is CC(C)OC(=O)c1ccc(NC(=O)CCC(=O)c2ccc3c(c2)OCCCO3)cc1. The van der Waals surface area contributed by atoms with Gasteiger partial charge in [-0.15, -0.1) is 0 Å². The van der Waals surface area contributed by atoms with Gasteiger partial charge < -0.3 is 19.5 Å². The number of carbonyl (C=O) groups excluding carboxylic acids is 3. The van der Waals surface area contributed by atoms with E-state index in [0.717, 1.165) is 6.42 Å². The number of ketones is 1. The van der Waals surface area contributed by atoms with Crippen LogP contribution in [0.2, 0.25) is 0 Å². The number of nitrogens with one attached hydrogen (secondary N) is 1. The van der Waals surface area contributed by atoms with E-state index in [1.165, 1.54) is 0 Å². The fourth-order valence-electron chi connectivity index (χ4n) is 2.90. The van der Waals surface area contributed by atoms with Crippen molar-refractivity contribution in [2.24, 2.45) is 0 Å². The van der Waals surface area contributed by atoms with Crippen LogP contribution in [0.15, 0.2) is 42.5 Å². The van der Waals surface area contributed by atoms with Crippen molar-refractivity contribution < 1.29 is 28.6 Å². The van der Waals surface area contributed by atoms with E-state index in [4.69, 9.17) is 14.2 Å². The van der Waals surface area contributed by atoms with E-state index in [-0.39, 0.29) is 30.6 Å². The van der Waals surface area contributed by atoms with Crippen molar-refractivity contribution in [2.45, 2.75) is 39.2 Å². The number of esters is 1. The summed E-state index contributed by atoms with van der Waals surface area (Å²) in [6.45, 7) is 4.68. The number of carbonyl (C=O) groups is 3. The van der Waals surface area contributed by atoms with Crippen LogP contribution >= 0.6 is 0 Å². The number of anilines is 1. The Morgan fingerprint density at radius 2 is 1.60 bits per heavy atom. The minimum Gasteiger partial charge on any atom is -0.490 e. The number of benzene rings is 2. The van der Waals surface area contributed by atoms with Gasteiger partial charge in [-0.25, -0.2) is 4.79 Å². The first kappa shape index (κ1) is 21.4. The predicted octanol–water partition coefficient (Wildman–Crippen LogP) is 4.01. The van der Waals surface area contributed by atoms with Gasteiger partial charge in [0, 0.05) is 30.5 Å². The normalized spacial score (nSPS) is 12.8. The minimum absolute atomic E-state index is 0.0460. The number of Topliss-reactive ketones (excluding diaryl/α,β-unsaturated/α-hetero) is 1. The average molecular weight is 411 g/mol. The number of ether oxygens (including phenoxy) is 3. The summed E-state index contributed by atoms with van der Waals surface area (Å²) < 4.78 is 16.3. The lowest BCUT2D eigenvalue weighted by molar-refractivity contribution is -0.116. The van der Waals surface area contributed by atoms with Gasteiger partial charge in [-0.2, -0.15) is 0 Å². The van der Waals surface area contributed by atoms with Crippen molar-refractivity contribution in [1.82, 2.24) is 0 Å². The molecular formula is C23H25NO6. The summed E-state index contributed by atoms with van der Waals surface area (Å²) in [7, 11) is 0. The highest BCUT2D eigenvalue weighted by Crippen LogP contribution is 2.30. The molecule has 7 heteroatoms. The van der Waals surface area contributed by atoms with Gasteiger partial charge in [-0.1, -0.05) is 0 Å². The molecule has 3 rings (SSSR count). The first-order chi connectivity index (χ1) is 14.4. The van der Waals surface area contributed by atoms with E-state index >= 15 is 0 Å². The number of rotatable bonds is 7. The fraction of sp³-hybridized carbons (Fsp3) is 0.348. The molecule has 0 bridgehead atoms. The Morgan fingerprint density at radius 3 is 2.30 bits per heavy atom. The maximum absolute atomic E-state index is 12.5. The molecule has 30 heavy (non-hydrogen) atoms. The molecule has 0 radical (unpaired) electrons. The highest BCUT2D eigenvalue weighted by Gasteiger charge is 2.15. The molecule has 0 aromatic heterocycles. The summed E-state index contributed by atoms with van der Waals surface area (Å²) in [6.07, 6.45) is 0.709. The molecule has 0 saturated heterocycles. The van der Waals surface area contributed by atoms with E-state index in [1.807, 2.05) is 0 Å². The second-order valence-corrected chi connectivity index (χ2v) is 7.21. The molecular weight excluding hydrogens is 386 g/mol. The van der Waals surface area contributed by atoms with Gasteiger partial charge in [0.15, 0.2) is 17.3 Å². The van der Waals surface area contributed by atoms with Crippen molar-refractivity contribution >= 4 is 23.3 Å². The molecule has 0 saturated carbocycles. The Balaban J connectivity index is 1.51. The van der Waals surface area contributed by atoms with E-state index in [0.29, 0.717) is 41.5 Å². The second-order valence-electron chi connectivity index (χ2n) is 7.21. The van der Waals surface area contributed by atoms with Crippen molar-refractivity contribution in [3.8, 4) is 11.5 Å². The maximum Gasteiger partial charge on any atom is 0.338 e. The van der Waals surface area contributed by atoms with E-state index in [1.54, 1.807) is 56.3 Å². The fourth-order valence-corrected chi connectivity index (χ4v) is 2.90. The summed E-state index contributed by atoms with van der Waals surface area (Å²) in [4.78, 5) is 36.5. The summed E-state index contributed by atoms with van der Waals surface area (Å²) in [5.41, 5.74) is 1.44. The predicted molar refractivity (Wildman–Crippen MR) is 111 cm³/mol. The summed E-state index contributed by atoms with van der Waals surface area (Å²) in [5, 5.41) is 2.73. The zero-order chi connectivity index (χ0) is 21.5. The first-order valence-corrected chi connectivity index (χ1v) is 9.96. The molecule has 0 fully saturated rings. The molecule has 1 aliphatic rings. The Morgan fingerprint density at radius 1 is 0.933 bits per heavy atom. The Labute approximate surface area is 175 Å². The number of hydrogen-bond acceptors (Lipinski definition) is 6. The number of amides is 1. The molecule has 0 atom stereocenters. The molecule has 158 valence electrons. The smallest absolute Gasteiger partial charge is 0.338 e. The molecule has 2 aromatic rings. The monoisotopic (exact) mass is 411 g/mol. The van der Waals surface area contributed by atoms with Gasteiger partial charge in [0.25, 0.3) is 0 Å². The maximum atomic E-state index is 12.5. The van der Waals surface area contributed by atoms with Crippen LogP contribution in [0.4, 0.5) is 5.69 Å². The second kappa shape index (κ2) is 9.91. The standard InChI is InChI=1S/C23H25NO6/c1-15(2)30-23(27)16-4-7-18(8-5-16)24-22(26)11-9-19(25)17-6-10-20-21(14-17)29-13-3-12-28-20/h4-8,10,14-15H,3,9,11-13H2,1-2H3,(H,24,26). The number of hydrogen-bond donors (Lipinski definition) is 1. The van der Waals surface area contributed by atoms with Crippen LogP contribution in [0.25, 0.3) is 0 Å². The van der Waals surface area contributed by atoms with Crippen LogP contribution < -0.4 is 14.8 Å². The number of fused-ring (bicyclic) bond motifs is 1. The lowest BCUT2D eigenvalue weighted by Crippen LogP contribution is -2.14. The molecule has 1 N–H and O–H groups in total. The molecule has 7 nitrogen and oxygen atoms in total. The van der Waals surface area contributed by atoms with Gasteiger partial charge in [0.1, 0.15) is 0 Å². The minimum atomic E-state index is -0.413. The van der Waals surface area contributed by atoms with Crippen LogP contribution in [0, 0.1) is 0 Å². The quantitative estimate of drug-likeness (QED) is 0.547. The Bertz CT molecular complexity index is 920. The third-order valence-corrected chi connectivity index (χ3v) is 4.40. The van der Waals surface area contributed by atoms with Crippen molar-refractivity contribution in [1.29, 1.82) is 0 Å². The van der Waals surface area contributed by atoms with Gasteiger partial charge in [0.2, 0.25) is 5.91 Å². The van der Waals surface area contributed by atoms with E-state index in [9.17, 15) is 14.4 Å². The molecule has 2 aromatic carbocycles. The topological polar surface area (TPSA) is 90.9 Å². The molecule has 1 heterocycles. The summed E-state index contributed by atoms with van der Waals surface area (Å²) in [6, 6.07) is 11.5. The van der Waals surface area contributed by atoms with Crippen LogP contribution in [0.3, 0.4) is 0 Å². The summed E-state index contributed by atoms with van der Waals surface area (Å²) in [5.74, 6) is 0.341. The zero-order valence-electron chi connectivity index (χ0n) is 17.1. The van der Waals surface area contributed by atoms with E-state index < -0.39 is 5.97 Å². The molecule has 0 unspecified atom stereocenters. The Hall–Kier alpha value is -3.35. The van der Waals surface area contributed by atoms with Gasteiger partial charge in [0.05, 0.1) is 24.9 Å². The average Bonchev–Trinajstić information content (AvgIpc) is 2.97. The van der Waals surface area contributed by atoms with Gasteiger partial charge in [-0.3, -0.25) is 9.59 Å². The van der Waals surface area contributed by atoms with Gasteiger partial charge >= 0.3 is 5.97 Å². The van der Waals surface area contributed by atoms with E-state index in [2.05, 4.69) is 5.32 Å². The van der Waals surface area contributed by atoms with Gasteiger partial charge in [-0.05, 0) is 56.3 Å². The molecule has 0 aliphatic carbocycles. The highest BCUT2D eigenvalue weighted by atomic mass is 16.5. The van der Waals surface area contributed by atoms with Crippen LogP contribution in [-0.4, -0.2) is 37.0 Å². The largest absolute Gasteiger partial charge is 0.490 e. The lowest BCUT2D eigenvalue weighted by atomic mass is 10.1. The molecule has 1 aliphatic heterocycles. The lowest BCUT2D eigenvalue weighted by Gasteiger charge is -2.10. The van der Waals surface area contributed by atoms with Crippen molar-refractivity contribution in [3.63, 3.8) is 0 Å². The van der Waals surface area contributed by atoms with Crippen molar-refractivity contribution in [2.75, 3.05) is 18.5 Å². The van der Waals surface area contributed by atoms with Crippen molar-refractivity contribution in [3.05, 3.63) is 53.6 Å². The van der Waals surface area contributed by atoms with Crippen LogP contribution in [0.1, 0.15) is 53.8 Å². The first-order valence-electron chi connectivity index (χ1n) is 9.96. The van der Waals surface area contributed by atoms with Crippen LogP contribution in [0.5, 0.6) is 11.5 Å². The summed E-state index contributed by atoms with van der Waals surface area (Å²) >= 11 is 0. The van der Waals surface area contributed by atoms with Crippen LogP contribution in [-0.2, 0) is 9.53 Å². The third kappa shape index (κ3) is 5.83. The Kier molecular flexibility index (Phi) is 7.06. The molecule has 1 amide bonds. The third-order valence-electron chi connectivity index (χ3n) is 4.40. The zero-order valence-corrected chi connectivity index (χ0v) is 17.1. The highest BCUT2D eigenvalue weighted by molar-refractivity contribution is 6.00. The molecule has 0 spiro atoms.